The van der Waals surface area contributed by atoms with Crippen molar-refractivity contribution < 1.29 is 0 Å². The molecule has 3 nitrogen and oxygen atoms in total. The van der Waals surface area contributed by atoms with Crippen LogP contribution in [0.2, 0.25) is 0 Å². The van der Waals surface area contributed by atoms with Crippen molar-refractivity contribution in [2.45, 2.75) is 52.5 Å². The second kappa shape index (κ2) is 6.77. The van der Waals surface area contributed by atoms with E-state index in [1.807, 2.05) is 7.05 Å². The van der Waals surface area contributed by atoms with Crippen molar-refractivity contribution in [3.8, 4) is 0 Å². The number of guanidine groups is 1. The Hall–Kier alpha value is -0.730. The molecule has 0 heterocycles. The first-order chi connectivity index (χ1) is 7.61. The highest BCUT2D eigenvalue weighted by atomic mass is 15.2. The van der Waals surface area contributed by atoms with E-state index in [0.29, 0.717) is 6.04 Å². The third kappa shape index (κ3) is 4.86. The maximum absolute atomic E-state index is 4.23. The summed E-state index contributed by atoms with van der Waals surface area (Å²) in [5, 5.41) is 6.75. The van der Waals surface area contributed by atoms with E-state index in [1.165, 1.54) is 25.7 Å². The van der Waals surface area contributed by atoms with Gasteiger partial charge in [0, 0.05) is 19.6 Å². The minimum Gasteiger partial charge on any atom is -0.356 e. The van der Waals surface area contributed by atoms with Crippen LogP contribution >= 0.6 is 0 Å². The quantitative estimate of drug-likeness (QED) is 0.571. The van der Waals surface area contributed by atoms with Crippen LogP contribution in [0, 0.1) is 11.8 Å². The second-order valence-electron chi connectivity index (χ2n) is 5.39. The van der Waals surface area contributed by atoms with E-state index >= 15 is 0 Å². The fraction of sp³-hybridized carbons (Fsp3) is 0.923. The summed E-state index contributed by atoms with van der Waals surface area (Å²) >= 11 is 0. The van der Waals surface area contributed by atoms with Crippen molar-refractivity contribution >= 4 is 5.96 Å². The van der Waals surface area contributed by atoms with Gasteiger partial charge in [-0.15, -0.1) is 0 Å². The van der Waals surface area contributed by atoms with Gasteiger partial charge in [-0.05, 0) is 38.5 Å². The summed E-state index contributed by atoms with van der Waals surface area (Å²) in [7, 11) is 1.83. The predicted molar refractivity (Wildman–Crippen MR) is 70.8 cm³/mol. The Labute approximate surface area is 100 Å². The van der Waals surface area contributed by atoms with E-state index in [1.54, 1.807) is 0 Å². The van der Waals surface area contributed by atoms with Gasteiger partial charge >= 0.3 is 0 Å². The highest BCUT2D eigenvalue weighted by molar-refractivity contribution is 5.79. The summed E-state index contributed by atoms with van der Waals surface area (Å²) in [6, 6.07) is 0.441. The highest BCUT2D eigenvalue weighted by Crippen LogP contribution is 2.27. The molecule has 2 atom stereocenters. The molecule has 0 radical (unpaired) electrons. The zero-order valence-electron chi connectivity index (χ0n) is 11.2. The molecular weight excluding hydrogens is 198 g/mol. The molecular formula is C13H27N3. The summed E-state index contributed by atoms with van der Waals surface area (Å²) in [5.41, 5.74) is 0. The van der Waals surface area contributed by atoms with Crippen molar-refractivity contribution in [3.05, 3.63) is 0 Å². The average Bonchev–Trinajstić information content (AvgIpc) is 2.24. The van der Waals surface area contributed by atoms with Crippen molar-refractivity contribution in [2.75, 3.05) is 13.6 Å². The molecule has 1 saturated carbocycles. The number of nitrogens with zero attached hydrogens (tertiary/aromatic N) is 1. The van der Waals surface area contributed by atoms with Gasteiger partial charge in [-0.25, -0.2) is 0 Å². The van der Waals surface area contributed by atoms with Crippen molar-refractivity contribution in [2.24, 2.45) is 16.8 Å². The molecule has 1 aliphatic carbocycles. The van der Waals surface area contributed by atoms with E-state index in [-0.39, 0.29) is 0 Å². The molecule has 0 aromatic carbocycles. The minimum atomic E-state index is 0.441. The van der Waals surface area contributed by atoms with E-state index in [2.05, 4.69) is 36.4 Å². The van der Waals surface area contributed by atoms with Crippen LogP contribution in [0.3, 0.4) is 0 Å². The third-order valence-corrected chi connectivity index (χ3v) is 3.25. The van der Waals surface area contributed by atoms with Crippen LogP contribution in [-0.2, 0) is 0 Å². The van der Waals surface area contributed by atoms with Gasteiger partial charge in [0.1, 0.15) is 0 Å². The summed E-state index contributed by atoms with van der Waals surface area (Å²) in [6.45, 7) is 7.70. The molecule has 0 amide bonds. The molecule has 1 aliphatic rings. The first-order valence-corrected chi connectivity index (χ1v) is 6.59. The van der Waals surface area contributed by atoms with E-state index in [9.17, 15) is 0 Å². The van der Waals surface area contributed by atoms with Crippen molar-refractivity contribution in [1.82, 2.24) is 10.6 Å². The second-order valence-corrected chi connectivity index (χ2v) is 5.39. The maximum atomic E-state index is 4.23. The van der Waals surface area contributed by atoms with Gasteiger partial charge < -0.3 is 10.6 Å². The SMILES string of the molecule is CN=C(NCC1CCCC(C)C1)NC(C)C. The van der Waals surface area contributed by atoms with Crippen LogP contribution in [0.25, 0.3) is 0 Å². The van der Waals surface area contributed by atoms with Crippen LogP contribution in [0.5, 0.6) is 0 Å². The summed E-state index contributed by atoms with van der Waals surface area (Å²) < 4.78 is 0. The van der Waals surface area contributed by atoms with Gasteiger partial charge in [-0.2, -0.15) is 0 Å². The molecule has 2 unspecified atom stereocenters. The maximum Gasteiger partial charge on any atom is 0.191 e. The molecule has 94 valence electrons. The molecule has 0 spiro atoms. The molecule has 0 aromatic rings. The Morgan fingerprint density at radius 2 is 2.12 bits per heavy atom. The third-order valence-electron chi connectivity index (χ3n) is 3.25. The Kier molecular flexibility index (Phi) is 5.64. The highest BCUT2D eigenvalue weighted by Gasteiger charge is 2.18. The molecule has 1 fully saturated rings. The zero-order valence-corrected chi connectivity index (χ0v) is 11.2. The van der Waals surface area contributed by atoms with Gasteiger partial charge in [-0.3, -0.25) is 4.99 Å². The minimum absolute atomic E-state index is 0.441. The van der Waals surface area contributed by atoms with Gasteiger partial charge in [0.15, 0.2) is 5.96 Å². The smallest absolute Gasteiger partial charge is 0.191 e. The standard InChI is InChI=1S/C13H27N3/c1-10(2)16-13(14-4)15-9-12-7-5-6-11(3)8-12/h10-12H,5-9H2,1-4H3,(H2,14,15,16). The molecule has 16 heavy (non-hydrogen) atoms. The lowest BCUT2D eigenvalue weighted by Gasteiger charge is -2.27. The number of nitrogens with one attached hydrogen (secondary N) is 2. The number of hydrogen-bond acceptors (Lipinski definition) is 1. The zero-order chi connectivity index (χ0) is 12.0. The van der Waals surface area contributed by atoms with Crippen LogP contribution < -0.4 is 10.6 Å². The predicted octanol–water partition coefficient (Wildman–Crippen LogP) is 2.39. The van der Waals surface area contributed by atoms with Gasteiger partial charge in [0.25, 0.3) is 0 Å². The first-order valence-electron chi connectivity index (χ1n) is 6.59. The van der Waals surface area contributed by atoms with E-state index in [4.69, 9.17) is 0 Å². The number of rotatable bonds is 3. The molecule has 0 bridgehead atoms. The molecule has 1 rings (SSSR count). The van der Waals surface area contributed by atoms with Crippen molar-refractivity contribution in [3.63, 3.8) is 0 Å². The lowest BCUT2D eigenvalue weighted by molar-refractivity contribution is 0.282. The fourth-order valence-corrected chi connectivity index (χ4v) is 2.45. The van der Waals surface area contributed by atoms with Crippen LogP contribution in [0.4, 0.5) is 0 Å². The molecule has 2 N–H and O–H groups in total. The fourth-order valence-electron chi connectivity index (χ4n) is 2.45. The summed E-state index contributed by atoms with van der Waals surface area (Å²) in [6.07, 6.45) is 5.54. The summed E-state index contributed by atoms with van der Waals surface area (Å²) in [4.78, 5) is 4.23. The lowest BCUT2D eigenvalue weighted by atomic mass is 9.82. The Bertz CT molecular complexity index is 223. The summed E-state index contributed by atoms with van der Waals surface area (Å²) in [5.74, 6) is 2.67. The molecule has 0 aromatic heterocycles. The normalized spacial score (nSPS) is 26.9. The average molecular weight is 225 g/mol. The van der Waals surface area contributed by atoms with Crippen LogP contribution in [-0.4, -0.2) is 25.6 Å². The van der Waals surface area contributed by atoms with Gasteiger partial charge in [0.05, 0.1) is 0 Å². The first kappa shape index (κ1) is 13.3. The molecule has 0 aliphatic heterocycles. The lowest BCUT2D eigenvalue weighted by Crippen LogP contribution is -2.43. The van der Waals surface area contributed by atoms with E-state index in [0.717, 1.165) is 24.3 Å². The largest absolute Gasteiger partial charge is 0.356 e. The van der Waals surface area contributed by atoms with Crippen molar-refractivity contribution in [1.29, 1.82) is 0 Å². The van der Waals surface area contributed by atoms with Gasteiger partial charge in [0.2, 0.25) is 0 Å². The Morgan fingerprint density at radius 1 is 1.38 bits per heavy atom. The van der Waals surface area contributed by atoms with Crippen LogP contribution in [0.1, 0.15) is 46.5 Å². The van der Waals surface area contributed by atoms with Crippen LogP contribution in [0.15, 0.2) is 4.99 Å². The number of aliphatic imine (C=N–C) groups is 1. The molecule has 3 heteroatoms. The number of hydrogen-bond donors (Lipinski definition) is 2. The molecule has 0 saturated heterocycles. The Morgan fingerprint density at radius 3 is 2.69 bits per heavy atom. The topological polar surface area (TPSA) is 36.4 Å². The van der Waals surface area contributed by atoms with E-state index < -0.39 is 0 Å². The van der Waals surface area contributed by atoms with Gasteiger partial charge in [-0.1, -0.05) is 19.8 Å². The monoisotopic (exact) mass is 225 g/mol. The Balaban J connectivity index is 2.26.